The fraction of sp³-hybridized carbons (Fsp3) is 0.625. The van der Waals surface area contributed by atoms with E-state index in [1.807, 2.05) is 0 Å². The third kappa shape index (κ3) is 2.66. The monoisotopic (exact) mass is 218 g/mol. The van der Waals surface area contributed by atoms with Crippen molar-refractivity contribution < 1.29 is 0 Å². The van der Waals surface area contributed by atoms with E-state index >= 15 is 0 Å². The predicted octanol–water partition coefficient (Wildman–Crippen LogP) is 4.67. The highest BCUT2D eigenvalue weighted by molar-refractivity contribution is 5.43. The maximum atomic E-state index is 2.40. The van der Waals surface area contributed by atoms with E-state index in [0.29, 0.717) is 0 Å². The van der Waals surface area contributed by atoms with Crippen molar-refractivity contribution in [2.75, 3.05) is 0 Å². The molecule has 0 unspecified atom stereocenters. The van der Waals surface area contributed by atoms with Crippen LogP contribution in [0.1, 0.15) is 63.8 Å². The van der Waals surface area contributed by atoms with Crippen LogP contribution in [0.5, 0.6) is 0 Å². The lowest BCUT2D eigenvalue weighted by Gasteiger charge is -2.27. The highest BCUT2D eigenvalue weighted by Crippen LogP contribution is 2.31. The number of rotatable bonds is 3. The van der Waals surface area contributed by atoms with Crippen LogP contribution in [-0.2, 0) is 24.7 Å². The maximum Gasteiger partial charge on any atom is -0.0126 e. The highest BCUT2D eigenvalue weighted by Gasteiger charge is 2.20. The molecule has 1 aromatic carbocycles. The van der Waals surface area contributed by atoms with Gasteiger partial charge in [-0.15, -0.1) is 0 Å². The van der Waals surface area contributed by atoms with E-state index in [0.717, 1.165) is 19.3 Å². The lowest BCUT2D eigenvalue weighted by Crippen LogP contribution is -2.17. The summed E-state index contributed by atoms with van der Waals surface area (Å²) in [6, 6.07) is 4.81. The van der Waals surface area contributed by atoms with E-state index in [2.05, 4.69) is 53.7 Å². The van der Waals surface area contributed by atoms with Crippen LogP contribution in [0.4, 0.5) is 0 Å². The quantitative estimate of drug-likeness (QED) is 0.691. The first-order valence-electron chi connectivity index (χ1n) is 6.59. The molecule has 0 heterocycles. The molecule has 0 aliphatic heterocycles. The van der Waals surface area contributed by atoms with Gasteiger partial charge in [0.15, 0.2) is 0 Å². The predicted molar refractivity (Wildman–Crippen MR) is 73.3 cm³/mol. The molecule has 0 aliphatic rings. The molecule has 16 heavy (non-hydrogen) atoms. The van der Waals surface area contributed by atoms with Crippen molar-refractivity contribution >= 4 is 0 Å². The smallest absolute Gasteiger partial charge is 0.0126 e. The van der Waals surface area contributed by atoms with Gasteiger partial charge in [-0.2, -0.15) is 0 Å². The summed E-state index contributed by atoms with van der Waals surface area (Å²) in [5.41, 5.74) is 6.42. The molecule has 0 heteroatoms. The Morgan fingerprint density at radius 1 is 0.812 bits per heavy atom. The second-order valence-electron chi connectivity index (χ2n) is 5.60. The molecule has 1 rings (SSSR count). The molecule has 0 amide bonds. The fourth-order valence-electron chi connectivity index (χ4n) is 2.56. The lowest BCUT2D eigenvalue weighted by atomic mass is 9.78. The minimum Gasteiger partial charge on any atom is -0.0613 e. The Hall–Kier alpha value is -0.780. The lowest BCUT2D eigenvalue weighted by molar-refractivity contribution is 0.575. The molecular formula is C16H26. The number of hydrogen-bond donors (Lipinski definition) is 0. The minimum absolute atomic E-state index is 0.267. The van der Waals surface area contributed by atoms with Crippen LogP contribution in [0.25, 0.3) is 0 Å². The van der Waals surface area contributed by atoms with Crippen LogP contribution in [-0.4, -0.2) is 0 Å². The van der Waals surface area contributed by atoms with Crippen molar-refractivity contribution in [2.24, 2.45) is 0 Å². The zero-order valence-electron chi connectivity index (χ0n) is 11.8. The van der Waals surface area contributed by atoms with Gasteiger partial charge in [-0.1, -0.05) is 53.7 Å². The Morgan fingerprint density at radius 3 is 1.50 bits per heavy atom. The molecular weight excluding hydrogens is 192 g/mol. The van der Waals surface area contributed by atoms with Gasteiger partial charge in [0.2, 0.25) is 0 Å². The molecule has 0 radical (unpaired) electrons. The van der Waals surface area contributed by atoms with E-state index in [1.54, 1.807) is 16.7 Å². The molecule has 0 N–H and O–H groups in total. The van der Waals surface area contributed by atoms with Crippen LogP contribution < -0.4 is 0 Å². The van der Waals surface area contributed by atoms with Crippen molar-refractivity contribution in [3.05, 3.63) is 34.4 Å². The summed E-state index contributed by atoms with van der Waals surface area (Å²) in [5, 5.41) is 0. The average Bonchev–Trinajstić information content (AvgIpc) is 2.25. The summed E-state index contributed by atoms with van der Waals surface area (Å²) >= 11 is 0. The molecule has 0 aliphatic carbocycles. The molecule has 0 nitrogen and oxygen atoms in total. The summed E-state index contributed by atoms with van der Waals surface area (Å²) in [5.74, 6) is 0. The zero-order valence-corrected chi connectivity index (χ0v) is 11.8. The Balaban J connectivity index is 3.44. The summed E-state index contributed by atoms with van der Waals surface area (Å²) in [4.78, 5) is 0. The molecule has 0 atom stereocenters. The van der Waals surface area contributed by atoms with Crippen molar-refractivity contribution in [1.29, 1.82) is 0 Å². The van der Waals surface area contributed by atoms with Gasteiger partial charge in [-0.25, -0.2) is 0 Å². The molecule has 0 saturated heterocycles. The largest absolute Gasteiger partial charge is 0.0613 e. The molecule has 0 spiro atoms. The first kappa shape index (κ1) is 13.3. The maximum absolute atomic E-state index is 2.40. The second-order valence-corrected chi connectivity index (χ2v) is 5.60. The van der Waals surface area contributed by atoms with Gasteiger partial charge in [0.1, 0.15) is 0 Å². The van der Waals surface area contributed by atoms with Crippen LogP contribution in [0, 0.1) is 0 Å². The molecule has 0 saturated carbocycles. The number of aryl methyl sites for hydroxylation is 3. The Bertz CT molecular complexity index is 328. The highest BCUT2D eigenvalue weighted by atomic mass is 14.3. The van der Waals surface area contributed by atoms with Crippen molar-refractivity contribution in [2.45, 2.75) is 66.2 Å². The van der Waals surface area contributed by atoms with E-state index in [4.69, 9.17) is 0 Å². The summed E-state index contributed by atoms with van der Waals surface area (Å²) in [7, 11) is 0. The zero-order chi connectivity index (χ0) is 12.3. The Labute approximate surface area is 101 Å². The topological polar surface area (TPSA) is 0 Å². The molecule has 0 fully saturated rings. The normalized spacial score (nSPS) is 11.9. The van der Waals surface area contributed by atoms with Gasteiger partial charge in [-0.3, -0.25) is 0 Å². The minimum atomic E-state index is 0.267. The standard InChI is InChI=1S/C16H26/c1-7-12-10-13(8-2)15(16(4,5)6)14(9-3)11-12/h10-11H,7-9H2,1-6H3. The van der Waals surface area contributed by atoms with Gasteiger partial charge < -0.3 is 0 Å². The molecule has 0 bridgehead atoms. The second kappa shape index (κ2) is 5.03. The first-order chi connectivity index (χ1) is 7.43. The van der Waals surface area contributed by atoms with Crippen LogP contribution >= 0.6 is 0 Å². The molecule has 1 aromatic rings. The van der Waals surface area contributed by atoms with Gasteiger partial charge in [-0.05, 0) is 46.9 Å². The third-order valence-electron chi connectivity index (χ3n) is 3.28. The number of benzene rings is 1. The third-order valence-corrected chi connectivity index (χ3v) is 3.28. The van der Waals surface area contributed by atoms with E-state index in [9.17, 15) is 0 Å². The van der Waals surface area contributed by atoms with E-state index in [1.165, 1.54) is 5.56 Å². The summed E-state index contributed by atoms with van der Waals surface area (Å²) in [6.45, 7) is 13.8. The summed E-state index contributed by atoms with van der Waals surface area (Å²) < 4.78 is 0. The molecule has 90 valence electrons. The van der Waals surface area contributed by atoms with Crippen LogP contribution in [0.2, 0.25) is 0 Å². The van der Waals surface area contributed by atoms with Crippen LogP contribution in [0.3, 0.4) is 0 Å². The van der Waals surface area contributed by atoms with Crippen molar-refractivity contribution in [1.82, 2.24) is 0 Å². The van der Waals surface area contributed by atoms with Gasteiger partial charge in [0, 0.05) is 0 Å². The molecule has 0 aromatic heterocycles. The Kier molecular flexibility index (Phi) is 4.18. The van der Waals surface area contributed by atoms with E-state index < -0.39 is 0 Å². The van der Waals surface area contributed by atoms with Gasteiger partial charge in [0.05, 0.1) is 0 Å². The van der Waals surface area contributed by atoms with Gasteiger partial charge >= 0.3 is 0 Å². The van der Waals surface area contributed by atoms with Gasteiger partial charge in [0.25, 0.3) is 0 Å². The number of hydrogen-bond acceptors (Lipinski definition) is 0. The van der Waals surface area contributed by atoms with Crippen molar-refractivity contribution in [3.8, 4) is 0 Å². The van der Waals surface area contributed by atoms with E-state index in [-0.39, 0.29) is 5.41 Å². The fourth-order valence-corrected chi connectivity index (χ4v) is 2.56. The Morgan fingerprint density at radius 2 is 1.25 bits per heavy atom. The van der Waals surface area contributed by atoms with Crippen LogP contribution in [0.15, 0.2) is 12.1 Å². The summed E-state index contributed by atoms with van der Waals surface area (Å²) in [6.07, 6.45) is 3.44. The van der Waals surface area contributed by atoms with Crippen molar-refractivity contribution in [3.63, 3.8) is 0 Å². The average molecular weight is 218 g/mol. The first-order valence-corrected chi connectivity index (χ1v) is 6.59. The SMILES string of the molecule is CCc1cc(CC)c(C(C)(C)C)c(CC)c1.